The zero-order valence-corrected chi connectivity index (χ0v) is 20.9. The third kappa shape index (κ3) is 5.18. The third-order valence-electron chi connectivity index (χ3n) is 4.84. The van der Waals surface area contributed by atoms with Gasteiger partial charge in [0.15, 0.2) is 17.4 Å². The Bertz CT molecular complexity index is 1110. The van der Waals surface area contributed by atoms with E-state index in [1.54, 1.807) is 26.2 Å². The number of nitrogens with zero attached hydrogens (tertiary/aromatic N) is 3. The van der Waals surface area contributed by atoms with E-state index in [0.29, 0.717) is 10.3 Å². The van der Waals surface area contributed by atoms with Crippen LogP contribution >= 0.6 is 15.9 Å². The van der Waals surface area contributed by atoms with Crippen LogP contribution in [-0.2, 0) is 11.2 Å². The van der Waals surface area contributed by atoms with Crippen molar-refractivity contribution in [2.75, 3.05) is 19.4 Å². The number of carbonyl (C=O) groups is 1. The van der Waals surface area contributed by atoms with Crippen molar-refractivity contribution in [2.45, 2.75) is 26.8 Å². The fourth-order valence-electron chi connectivity index (χ4n) is 3.24. The number of amidine groups is 2. The Hall–Kier alpha value is -2.72. The molecule has 32 heavy (non-hydrogen) atoms. The summed E-state index contributed by atoms with van der Waals surface area (Å²) >= 11 is 1.51. The number of anilines is 1. The molecule has 0 aliphatic carbocycles. The largest absolute Gasteiger partial charge is 0.505 e. The smallest absolute Gasteiger partial charge is 0.269 e. The number of phenols is 1. The Morgan fingerprint density at radius 2 is 1.72 bits per heavy atom. The minimum atomic E-state index is -1.80. The SMILES string of the molecule is CN(C)C(=O)c1c(Br)ccc(NC2=NS(=O)N=C2N[C@@H](c2ccccc2)C(C)(C)C)c1O. The highest BCUT2D eigenvalue weighted by molar-refractivity contribution is 9.10. The Kier molecular flexibility index (Phi) is 7.04. The van der Waals surface area contributed by atoms with Crippen LogP contribution in [0, 0.1) is 5.41 Å². The van der Waals surface area contributed by atoms with E-state index in [1.807, 2.05) is 30.3 Å². The monoisotopic (exact) mass is 519 g/mol. The van der Waals surface area contributed by atoms with Gasteiger partial charge in [0, 0.05) is 18.6 Å². The van der Waals surface area contributed by atoms with Crippen LogP contribution in [0.5, 0.6) is 5.75 Å². The molecule has 1 aliphatic rings. The van der Waals surface area contributed by atoms with Crippen LogP contribution in [0.25, 0.3) is 0 Å². The van der Waals surface area contributed by atoms with Gasteiger partial charge in [-0.05, 0) is 39.0 Å². The van der Waals surface area contributed by atoms with Crippen molar-refractivity contribution < 1.29 is 14.1 Å². The lowest BCUT2D eigenvalue weighted by atomic mass is 9.82. The maximum Gasteiger partial charge on any atom is 0.269 e. The Labute approximate surface area is 198 Å². The van der Waals surface area contributed by atoms with Gasteiger partial charge in [0.25, 0.3) is 17.1 Å². The maximum atomic E-state index is 12.5. The molecule has 1 heterocycles. The van der Waals surface area contributed by atoms with Gasteiger partial charge in [-0.1, -0.05) is 51.1 Å². The fraction of sp³-hybridized carbons (Fsp3) is 0.318. The number of nitrogens with one attached hydrogen (secondary N) is 2. The van der Waals surface area contributed by atoms with E-state index in [4.69, 9.17) is 0 Å². The lowest BCUT2D eigenvalue weighted by Crippen LogP contribution is -2.41. The molecule has 0 aromatic heterocycles. The molecule has 1 amide bonds. The molecular formula is C22H26BrN5O3S. The molecule has 170 valence electrons. The predicted molar refractivity (Wildman–Crippen MR) is 132 cm³/mol. The molecule has 2 aromatic rings. The molecule has 3 rings (SSSR count). The number of phenolic OH excluding ortho intramolecular Hbond substituents is 1. The van der Waals surface area contributed by atoms with Gasteiger partial charge in [-0.2, -0.15) is 0 Å². The Morgan fingerprint density at radius 3 is 2.31 bits per heavy atom. The number of carbonyl (C=O) groups excluding carboxylic acids is 1. The lowest BCUT2D eigenvalue weighted by molar-refractivity contribution is 0.0824. The van der Waals surface area contributed by atoms with Crippen LogP contribution in [0.2, 0.25) is 0 Å². The van der Waals surface area contributed by atoms with Gasteiger partial charge < -0.3 is 20.6 Å². The molecule has 3 N–H and O–H groups in total. The van der Waals surface area contributed by atoms with Crippen molar-refractivity contribution in [3.8, 4) is 5.75 Å². The fourth-order valence-corrected chi connectivity index (χ4v) is 4.36. The summed E-state index contributed by atoms with van der Waals surface area (Å²) in [5, 5.41) is 17.1. The number of aromatic hydroxyl groups is 1. The minimum absolute atomic E-state index is 0.114. The summed E-state index contributed by atoms with van der Waals surface area (Å²) in [5.74, 6) is -0.0728. The predicted octanol–water partition coefficient (Wildman–Crippen LogP) is 4.03. The second kappa shape index (κ2) is 9.41. The maximum absolute atomic E-state index is 12.5. The standard InChI is InChI=1S/C22H26BrN5O3S/c1-22(2,3)18(13-9-7-6-8-10-13)25-20-19(26-32(31)27-20)24-15-12-11-14(23)16(17(15)29)21(30)28(4)5/h6-12,18,29H,1-5H3,(H,24,26)(H,25,27)/t18-,32?/m0/s1. The zero-order chi connectivity index (χ0) is 23.6. The van der Waals surface area contributed by atoms with Crippen molar-refractivity contribution in [2.24, 2.45) is 14.2 Å². The molecule has 2 atom stereocenters. The molecule has 1 unspecified atom stereocenters. The molecule has 0 spiro atoms. The minimum Gasteiger partial charge on any atom is -0.505 e. The van der Waals surface area contributed by atoms with Crippen LogP contribution < -0.4 is 10.6 Å². The third-order valence-corrected chi connectivity index (χ3v) is 6.18. The van der Waals surface area contributed by atoms with Gasteiger partial charge >= 0.3 is 0 Å². The zero-order valence-electron chi connectivity index (χ0n) is 18.5. The summed E-state index contributed by atoms with van der Waals surface area (Å²) in [5.41, 5.74) is 1.22. The average molecular weight is 520 g/mol. The number of hydrogen-bond acceptors (Lipinski definition) is 5. The molecule has 8 nitrogen and oxygen atoms in total. The molecule has 0 radical (unpaired) electrons. The van der Waals surface area contributed by atoms with Crippen molar-refractivity contribution in [1.29, 1.82) is 0 Å². The van der Waals surface area contributed by atoms with E-state index in [-0.39, 0.29) is 40.2 Å². The van der Waals surface area contributed by atoms with E-state index < -0.39 is 11.2 Å². The van der Waals surface area contributed by atoms with Gasteiger partial charge in [0.2, 0.25) is 0 Å². The number of benzene rings is 2. The number of hydrogen-bond donors (Lipinski definition) is 3. The summed E-state index contributed by atoms with van der Waals surface area (Å²) < 4.78 is 20.8. The normalized spacial score (nSPS) is 16.8. The quantitative estimate of drug-likeness (QED) is 0.528. The first-order chi connectivity index (χ1) is 15.0. The average Bonchev–Trinajstić information content (AvgIpc) is 3.06. The highest BCUT2D eigenvalue weighted by atomic mass is 79.9. The van der Waals surface area contributed by atoms with Crippen molar-refractivity contribution in [3.05, 3.63) is 58.1 Å². The van der Waals surface area contributed by atoms with Crippen LogP contribution in [-0.4, -0.2) is 45.9 Å². The highest BCUT2D eigenvalue weighted by Crippen LogP contribution is 2.35. The first-order valence-corrected chi connectivity index (χ1v) is 11.8. The van der Waals surface area contributed by atoms with Crippen LogP contribution in [0.15, 0.2) is 55.7 Å². The van der Waals surface area contributed by atoms with Gasteiger partial charge in [0.05, 0.1) is 17.3 Å². The Balaban J connectivity index is 1.92. The first kappa shape index (κ1) is 23.9. The topological polar surface area (TPSA) is 106 Å². The summed E-state index contributed by atoms with van der Waals surface area (Å²) in [6.07, 6.45) is 0. The number of rotatable bonds is 4. The van der Waals surface area contributed by atoms with Crippen LogP contribution in [0.3, 0.4) is 0 Å². The van der Waals surface area contributed by atoms with Gasteiger partial charge in [0.1, 0.15) is 0 Å². The molecule has 0 bridgehead atoms. The van der Waals surface area contributed by atoms with Crippen molar-refractivity contribution in [3.63, 3.8) is 0 Å². The second-order valence-electron chi connectivity index (χ2n) is 8.61. The number of amides is 1. The molecule has 2 aromatic carbocycles. The van der Waals surface area contributed by atoms with E-state index in [2.05, 4.69) is 56.1 Å². The molecule has 10 heteroatoms. The van der Waals surface area contributed by atoms with Gasteiger partial charge in [-0.3, -0.25) is 4.79 Å². The Morgan fingerprint density at radius 1 is 1.09 bits per heavy atom. The van der Waals surface area contributed by atoms with E-state index in [0.717, 1.165) is 5.56 Å². The summed E-state index contributed by atoms with van der Waals surface area (Å²) in [4.78, 5) is 13.9. The summed E-state index contributed by atoms with van der Waals surface area (Å²) in [7, 11) is 3.20. The van der Waals surface area contributed by atoms with E-state index >= 15 is 0 Å². The summed E-state index contributed by atoms with van der Waals surface area (Å²) in [6.45, 7) is 6.27. The first-order valence-electron chi connectivity index (χ1n) is 9.90. The second-order valence-corrected chi connectivity index (χ2v) is 10.3. The van der Waals surface area contributed by atoms with Crippen molar-refractivity contribution in [1.82, 2.24) is 10.2 Å². The lowest BCUT2D eigenvalue weighted by Gasteiger charge is -2.32. The molecule has 0 fully saturated rings. The van der Waals surface area contributed by atoms with E-state index in [9.17, 15) is 14.1 Å². The van der Waals surface area contributed by atoms with Crippen LogP contribution in [0.4, 0.5) is 5.69 Å². The van der Waals surface area contributed by atoms with Crippen molar-refractivity contribution >= 4 is 50.4 Å². The van der Waals surface area contributed by atoms with Gasteiger partial charge in [-0.25, -0.2) is 4.21 Å². The number of halogens is 1. The highest BCUT2D eigenvalue weighted by Gasteiger charge is 2.31. The molecular weight excluding hydrogens is 494 g/mol. The molecule has 0 saturated carbocycles. The molecule has 1 aliphatic heterocycles. The van der Waals surface area contributed by atoms with Gasteiger partial charge in [-0.15, -0.1) is 8.80 Å². The van der Waals surface area contributed by atoms with Crippen LogP contribution in [0.1, 0.15) is 42.7 Å². The summed E-state index contributed by atoms with van der Waals surface area (Å²) in [6, 6.07) is 13.0. The van der Waals surface area contributed by atoms with E-state index in [1.165, 1.54) is 4.90 Å². The molecule has 0 saturated heterocycles.